The van der Waals surface area contributed by atoms with Gasteiger partial charge in [0.05, 0.1) is 25.9 Å². The molecule has 1 amide bonds. The lowest BCUT2D eigenvalue weighted by atomic mass is 10.2. The summed E-state index contributed by atoms with van der Waals surface area (Å²) in [5.41, 5.74) is 2.22. The zero-order chi connectivity index (χ0) is 28.5. The average molecular weight is 554 g/mol. The van der Waals surface area contributed by atoms with Gasteiger partial charge < -0.3 is 33.5 Å². The summed E-state index contributed by atoms with van der Waals surface area (Å²) < 4.78 is 30.7. The number of fused-ring (bicyclic) bond motifs is 1. The van der Waals surface area contributed by atoms with Crippen LogP contribution in [0.2, 0.25) is 0 Å². The number of amides is 1. The molecule has 4 heterocycles. The highest BCUT2D eigenvalue weighted by molar-refractivity contribution is 5.94. The number of benzene rings is 1. The van der Waals surface area contributed by atoms with Crippen LogP contribution in [0.3, 0.4) is 0 Å². The van der Waals surface area contributed by atoms with Crippen molar-refractivity contribution in [2.24, 2.45) is 0 Å². The van der Waals surface area contributed by atoms with Gasteiger partial charge in [-0.15, -0.1) is 5.10 Å². The number of carbonyl (C=O) groups excluding carboxylic acids is 1. The van der Waals surface area contributed by atoms with Crippen molar-refractivity contribution in [2.45, 2.75) is 58.7 Å². The van der Waals surface area contributed by atoms with Crippen LogP contribution in [-0.4, -0.2) is 89.8 Å². The third-order valence-corrected chi connectivity index (χ3v) is 6.82. The minimum Gasteiger partial charge on any atom is -0.497 e. The van der Waals surface area contributed by atoms with Gasteiger partial charge in [-0.1, -0.05) is 12.1 Å². The third-order valence-electron chi connectivity index (χ3n) is 6.82. The van der Waals surface area contributed by atoms with E-state index >= 15 is 0 Å². The number of methoxy groups -OCH3 is 1. The Morgan fingerprint density at radius 2 is 1.82 bits per heavy atom. The number of aromatic nitrogens is 3. The summed E-state index contributed by atoms with van der Waals surface area (Å²) in [6.07, 6.45) is 1.31. The molecule has 1 unspecified atom stereocenters. The maximum atomic E-state index is 12.6. The number of pyridine rings is 1. The SMILES string of the molecule is COc1ccc(Cn2nc(OCC3COC(C)(C)O3)c3c(N4CCN(C(=O)OC(C)(C)C)CC4)ccnc32)cc1. The van der Waals surface area contributed by atoms with Crippen LogP contribution in [0.1, 0.15) is 40.2 Å². The third kappa shape index (κ3) is 6.42. The first-order valence-corrected chi connectivity index (χ1v) is 13.7. The molecule has 1 atom stereocenters. The van der Waals surface area contributed by atoms with Crippen LogP contribution in [0.4, 0.5) is 10.5 Å². The predicted octanol–water partition coefficient (Wildman–Crippen LogP) is 4.08. The van der Waals surface area contributed by atoms with Crippen molar-refractivity contribution in [3.63, 3.8) is 0 Å². The number of anilines is 1. The molecule has 3 aromatic rings. The fourth-order valence-corrected chi connectivity index (χ4v) is 4.90. The van der Waals surface area contributed by atoms with Crippen LogP contribution in [-0.2, 0) is 20.8 Å². The van der Waals surface area contributed by atoms with Crippen molar-refractivity contribution in [1.29, 1.82) is 0 Å². The Bertz CT molecular complexity index is 1330. The van der Waals surface area contributed by atoms with E-state index in [9.17, 15) is 4.79 Å². The molecular formula is C29H39N5O6. The molecule has 2 saturated heterocycles. The van der Waals surface area contributed by atoms with Crippen LogP contribution in [0.5, 0.6) is 11.6 Å². The van der Waals surface area contributed by atoms with Crippen molar-refractivity contribution in [2.75, 3.05) is 51.4 Å². The lowest BCUT2D eigenvalue weighted by Gasteiger charge is -2.36. The second-order valence-corrected chi connectivity index (χ2v) is 11.6. The zero-order valence-corrected chi connectivity index (χ0v) is 24.2. The molecule has 0 bridgehead atoms. The van der Waals surface area contributed by atoms with Crippen LogP contribution in [0.25, 0.3) is 11.0 Å². The van der Waals surface area contributed by atoms with E-state index in [0.29, 0.717) is 51.8 Å². The quantitative estimate of drug-likeness (QED) is 0.429. The van der Waals surface area contributed by atoms with Crippen LogP contribution in [0, 0.1) is 0 Å². The monoisotopic (exact) mass is 553 g/mol. The summed E-state index contributed by atoms with van der Waals surface area (Å²) >= 11 is 0. The Labute approximate surface area is 234 Å². The molecule has 0 saturated carbocycles. The maximum absolute atomic E-state index is 12.6. The van der Waals surface area contributed by atoms with E-state index in [4.69, 9.17) is 33.8 Å². The highest BCUT2D eigenvalue weighted by Gasteiger charge is 2.34. The molecule has 216 valence electrons. The molecule has 2 aliphatic rings. The smallest absolute Gasteiger partial charge is 0.410 e. The van der Waals surface area contributed by atoms with Gasteiger partial charge in [0.2, 0.25) is 5.88 Å². The van der Waals surface area contributed by atoms with E-state index in [-0.39, 0.29) is 12.2 Å². The molecule has 40 heavy (non-hydrogen) atoms. The first kappa shape index (κ1) is 28.0. The number of hydrogen-bond donors (Lipinski definition) is 0. The van der Waals surface area contributed by atoms with Crippen molar-refractivity contribution >= 4 is 22.8 Å². The van der Waals surface area contributed by atoms with Gasteiger partial charge in [-0.05, 0) is 58.4 Å². The molecule has 5 rings (SSSR count). The highest BCUT2D eigenvalue weighted by Crippen LogP contribution is 2.35. The van der Waals surface area contributed by atoms with Gasteiger partial charge in [0, 0.05) is 32.4 Å². The highest BCUT2D eigenvalue weighted by atomic mass is 16.7. The Morgan fingerprint density at radius 1 is 1.10 bits per heavy atom. The van der Waals surface area contributed by atoms with E-state index in [1.54, 1.807) is 18.2 Å². The summed E-state index contributed by atoms with van der Waals surface area (Å²) in [4.78, 5) is 21.3. The molecule has 2 aliphatic heterocycles. The number of ether oxygens (including phenoxy) is 5. The first-order chi connectivity index (χ1) is 19.0. The van der Waals surface area contributed by atoms with Crippen molar-refractivity contribution < 1.29 is 28.5 Å². The Hall–Kier alpha value is -3.57. The van der Waals surface area contributed by atoms with E-state index < -0.39 is 11.4 Å². The average Bonchev–Trinajstić information content (AvgIpc) is 3.45. The van der Waals surface area contributed by atoms with Crippen molar-refractivity contribution in [1.82, 2.24) is 19.7 Å². The number of piperazine rings is 1. The van der Waals surface area contributed by atoms with Gasteiger partial charge in [0.25, 0.3) is 0 Å². The lowest BCUT2D eigenvalue weighted by molar-refractivity contribution is -0.141. The molecular weight excluding hydrogens is 514 g/mol. The minimum absolute atomic E-state index is 0.200. The van der Waals surface area contributed by atoms with E-state index in [1.165, 1.54) is 0 Å². The Balaban J connectivity index is 1.40. The fourth-order valence-electron chi connectivity index (χ4n) is 4.90. The number of rotatable bonds is 7. The molecule has 0 N–H and O–H groups in total. The van der Waals surface area contributed by atoms with Crippen LogP contribution in [0.15, 0.2) is 36.5 Å². The zero-order valence-electron chi connectivity index (χ0n) is 24.2. The number of nitrogens with zero attached hydrogens (tertiary/aromatic N) is 5. The van der Waals surface area contributed by atoms with E-state index in [1.807, 2.05) is 69.6 Å². The van der Waals surface area contributed by atoms with Crippen molar-refractivity contribution in [3.05, 3.63) is 42.1 Å². The van der Waals surface area contributed by atoms with Gasteiger partial charge in [0.1, 0.15) is 29.4 Å². The molecule has 2 fully saturated rings. The van der Waals surface area contributed by atoms with E-state index in [0.717, 1.165) is 28.0 Å². The summed E-state index contributed by atoms with van der Waals surface area (Å²) in [5, 5.41) is 5.69. The largest absolute Gasteiger partial charge is 0.497 e. The standard InChI is InChI=1S/C29H39N5O6/c1-28(2,3)40-27(35)33-15-13-32(14-16-33)23-11-12-30-25-24(23)26(37-18-22-19-38-29(4,5)39-22)31-34(25)17-20-7-9-21(36-6)10-8-20/h7-12,22H,13-19H2,1-6H3. The van der Waals surface area contributed by atoms with Crippen LogP contribution < -0.4 is 14.4 Å². The molecule has 2 aromatic heterocycles. The predicted molar refractivity (Wildman–Crippen MR) is 150 cm³/mol. The number of carbonyl (C=O) groups is 1. The summed E-state index contributed by atoms with van der Waals surface area (Å²) in [6, 6.07) is 9.87. The Kier molecular flexibility index (Phi) is 7.78. The first-order valence-electron chi connectivity index (χ1n) is 13.7. The van der Waals surface area contributed by atoms with Gasteiger partial charge in [-0.25, -0.2) is 14.5 Å². The van der Waals surface area contributed by atoms with Gasteiger partial charge >= 0.3 is 6.09 Å². The molecule has 0 spiro atoms. The van der Waals surface area contributed by atoms with E-state index in [2.05, 4.69) is 4.90 Å². The molecule has 11 heteroatoms. The molecule has 0 aliphatic carbocycles. The molecule has 0 radical (unpaired) electrons. The maximum Gasteiger partial charge on any atom is 0.410 e. The fraction of sp³-hybridized carbons (Fsp3) is 0.552. The van der Waals surface area contributed by atoms with Crippen molar-refractivity contribution in [3.8, 4) is 11.6 Å². The summed E-state index contributed by atoms with van der Waals surface area (Å²) in [6.45, 7) is 13.1. The Morgan fingerprint density at radius 3 is 2.45 bits per heavy atom. The topological polar surface area (TPSA) is 100 Å². The lowest BCUT2D eigenvalue weighted by Crippen LogP contribution is -2.50. The second-order valence-electron chi connectivity index (χ2n) is 11.6. The molecule has 1 aromatic carbocycles. The van der Waals surface area contributed by atoms with Gasteiger partial charge in [-0.3, -0.25) is 0 Å². The minimum atomic E-state index is -0.635. The second kappa shape index (κ2) is 11.1. The van der Waals surface area contributed by atoms with Gasteiger partial charge in [0.15, 0.2) is 11.4 Å². The number of hydrogen-bond acceptors (Lipinski definition) is 9. The van der Waals surface area contributed by atoms with Gasteiger partial charge in [-0.2, -0.15) is 0 Å². The van der Waals surface area contributed by atoms with Crippen LogP contribution >= 0.6 is 0 Å². The summed E-state index contributed by atoms with van der Waals surface area (Å²) in [5.74, 6) is 0.657. The normalized spacial score (nSPS) is 19.2. The summed E-state index contributed by atoms with van der Waals surface area (Å²) in [7, 11) is 1.65. The molecule has 11 nitrogen and oxygen atoms in total.